The van der Waals surface area contributed by atoms with Crippen LogP contribution in [0.4, 0.5) is 0 Å². The zero-order chi connectivity index (χ0) is 15.6. The van der Waals surface area contributed by atoms with Crippen LogP contribution in [-0.4, -0.2) is 30.5 Å². The maximum absolute atomic E-state index is 12.4. The lowest BCUT2D eigenvalue weighted by Gasteiger charge is -2.15. The first-order chi connectivity index (χ1) is 9.85. The van der Waals surface area contributed by atoms with Gasteiger partial charge in [-0.3, -0.25) is 0 Å². The summed E-state index contributed by atoms with van der Waals surface area (Å²) >= 11 is 3.09. The van der Waals surface area contributed by atoms with Crippen molar-refractivity contribution in [1.82, 2.24) is 19.7 Å². The van der Waals surface area contributed by atoms with Gasteiger partial charge in [0.05, 0.1) is 7.11 Å². The summed E-state index contributed by atoms with van der Waals surface area (Å²) in [5.74, 6) is 0.668. The normalized spacial score (nSPS) is 13.1. The third-order valence-electron chi connectivity index (χ3n) is 2.92. The number of methoxy groups -OCH3 is 1. The van der Waals surface area contributed by atoms with Crippen LogP contribution in [0, 0.1) is 0 Å². The molecule has 0 radical (unpaired) electrons. The van der Waals surface area contributed by atoms with E-state index < -0.39 is 16.1 Å². The van der Waals surface area contributed by atoms with Crippen LogP contribution in [0.5, 0.6) is 5.75 Å². The van der Waals surface area contributed by atoms with E-state index in [-0.39, 0.29) is 9.63 Å². The lowest BCUT2D eigenvalue weighted by Crippen LogP contribution is -2.28. The zero-order valence-electron chi connectivity index (χ0n) is 11.7. The van der Waals surface area contributed by atoms with Crippen molar-refractivity contribution >= 4 is 26.0 Å². The molecule has 0 amide bonds. The van der Waals surface area contributed by atoms with Gasteiger partial charge >= 0.3 is 0 Å². The van der Waals surface area contributed by atoms with E-state index in [0.29, 0.717) is 5.75 Å². The molecule has 1 unspecified atom stereocenters. The summed E-state index contributed by atoms with van der Waals surface area (Å²) in [7, 11) is -0.667. The van der Waals surface area contributed by atoms with E-state index in [1.807, 2.05) is 6.07 Å². The van der Waals surface area contributed by atoms with E-state index in [4.69, 9.17) is 4.74 Å². The quantitative estimate of drug-likeness (QED) is 0.859. The average Bonchev–Trinajstić information content (AvgIpc) is 2.78. The molecule has 0 saturated heterocycles. The summed E-state index contributed by atoms with van der Waals surface area (Å²) < 4.78 is 33.9. The lowest BCUT2D eigenvalue weighted by atomic mass is 10.1. The minimum Gasteiger partial charge on any atom is -0.497 e. The highest BCUT2D eigenvalue weighted by Gasteiger charge is 2.26. The van der Waals surface area contributed by atoms with E-state index >= 15 is 0 Å². The van der Waals surface area contributed by atoms with Crippen LogP contribution in [-0.2, 0) is 17.1 Å². The van der Waals surface area contributed by atoms with Crippen LogP contribution in [0.25, 0.3) is 0 Å². The third kappa shape index (κ3) is 3.42. The molecule has 21 heavy (non-hydrogen) atoms. The molecule has 0 saturated carbocycles. The molecule has 7 nitrogen and oxygen atoms in total. The smallest absolute Gasteiger partial charge is 0.261 e. The molecule has 1 aromatic heterocycles. The predicted molar refractivity (Wildman–Crippen MR) is 80.4 cm³/mol. The lowest BCUT2D eigenvalue weighted by molar-refractivity contribution is 0.413. The summed E-state index contributed by atoms with van der Waals surface area (Å²) in [6.45, 7) is 1.75. The number of hydrogen-bond donors (Lipinski definition) is 1. The van der Waals surface area contributed by atoms with Crippen LogP contribution in [0.2, 0.25) is 0 Å². The number of halogens is 1. The van der Waals surface area contributed by atoms with Gasteiger partial charge in [0.2, 0.25) is 5.03 Å². The molecule has 0 spiro atoms. The Bertz CT molecular complexity index is 725. The predicted octanol–water partition coefficient (Wildman–Crippen LogP) is 1.63. The molecule has 0 bridgehead atoms. The molecule has 2 rings (SSSR count). The Balaban J connectivity index is 2.28. The Hall–Kier alpha value is -1.45. The zero-order valence-corrected chi connectivity index (χ0v) is 14.1. The van der Waals surface area contributed by atoms with Gasteiger partial charge < -0.3 is 4.74 Å². The van der Waals surface area contributed by atoms with Gasteiger partial charge in [-0.05, 0) is 40.5 Å². The van der Waals surface area contributed by atoms with Gasteiger partial charge in [0.1, 0.15) is 5.75 Å². The van der Waals surface area contributed by atoms with Gasteiger partial charge in [-0.1, -0.05) is 17.3 Å². The Morgan fingerprint density at radius 3 is 2.71 bits per heavy atom. The topological polar surface area (TPSA) is 86.1 Å². The summed E-state index contributed by atoms with van der Waals surface area (Å²) in [6, 6.07) is 6.79. The Labute approximate surface area is 131 Å². The van der Waals surface area contributed by atoms with Gasteiger partial charge in [-0.25, -0.2) is 17.8 Å². The van der Waals surface area contributed by atoms with E-state index in [1.54, 1.807) is 32.2 Å². The van der Waals surface area contributed by atoms with Crippen molar-refractivity contribution in [3.63, 3.8) is 0 Å². The molecule has 0 aliphatic rings. The summed E-state index contributed by atoms with van der Waals surface area (Å²) in [6.07, 6.45) is 0. The fourth-order valence-corrected chi connectivity index (χ4v) is 4.20. The van der Waals surface area contributed by atoms with E-state index in [2.05, 4.69) is 31.0 Å². The summed E-state index contributed by atoms with van der Waals surface area (Å²) in [5.41, 5.74) is 0.796. The van der Waals surface area contributed by atoms with Gasteiger partial charge in [0, 0.05) is 13.1 Å². The Morgan fingerprint density at radius 1 is 1.43 bits per heavy atom. The van der Waals surface area contributed by atoms with Crippen LogP contribution in [0.3, 0.4) is 0 Å². The third-order valence-corrected chi connectivity index (χ3v) is 5.34. The number of rotatable bonds is 5. The number of nitrogens with one attached hydrogen (secondary N) is 1. The van der Waals surface area contributed by atoms with Gasteiger partial charge in [0.15, 0.2) is 4.60 Å². The Kier molecular flexibility index (Phi) is 4.64. The fraction of sp³-hybridized carbons (Fsp3) is 0.333. The Morgan fingerprint density at radius 2 is 2.14 bits per heavy atom. The van der Waals surface area contributed by atoms with Gasteiger partial charge in [-0.2, -0.15) is 0 Å². The number of hydrogen-bond acceptors (Lipinski definition) is 5. The highest BCUT2D eigenvalue weighted by Crippen LogP contribution is 2.23. The molecule has 1 atom stereocenters. The van der Waals surface area contributed by atoms with Crippen LogP contribution in [0.1, 0.15) is 18.5 Å². The van der Waals surface area contributed by atoms with Crippen molar-refractivity contribution in [2.45, 2.75) is 18.0 Å². The van der Waals surface area contributed by atoms with Crippen molar-refractivity contribution in [3.05, 3.63) is 34.4 Å². The average molecular weight is 375 g/mol. The highest BCUT2D eigenvalue weighted by atomic mass is 79.9. The largest absolute Gasteiger partial charge is 0.497 e. The SMILES string of the molecule is COc1cccc(C(C)NS(=O)(=O)c2c(Br)nnn2C)c1. The number of sulfonamides is 1. The number of ether oxygens (including phenoxy) is 1. The van der Waals surface area contributed by atoms with Crippen molar-refractivity contribution in [3.8, 4) is 5.75 Å². The fourth-order valence-electron chi connectivity index (χ4n) is 1.88. The molecule has 0 aliphatic heterocycles. The molecule has 1 aromatic carbocycles. The van der Waals surface area contributed by atoms with Gasteiger partial charge in [0.25, 0.3) is 10.0 Å². The maximum Gasteiger partial charge on any atom is 0.261 e. The first-order valence-corrected chi connectivity index (χ1v) is 8.34. The van der Waals surface area contributed by atoms with E-state index in [0.717, 1.165) is 5.56 Å². The molecular weight excluding hydrogens is 360 g/mol. The van der Waals surface area contributed by atoms with Crippen LogP contribution in [0.15, 0.2) is 33.9 Å². The molecule has 1 heterocycles. The highest BCUT2D eigenvalue weighted by molar-refractivity contribution is 9.10. The standard InChI is InChI=1S/C12H15BrN4O3S/c1-8(9-5-4-6-10(7-9)20-3)15-21(18,19)12-11(13)14-16-17(12)2/h4-8,15H,1-3H3. The first-order valence-electron chi connectivity index (χ1n) is 6.06. The second-order valence-electron chi connectivity index (χ2n) is 4.43. The van der Waals surface area contributed by atoms with E-state index in [9.17, 15) is 8.42 Å². The molecular formula is C12H15BrN4O3S. The summed E-state index contributed by atoms with van der Waals surface area (Å²) in [5, 5.41) is 7.33. The number of benzene rings is 1. The van der Waals surface area contributed by atoms with Gasteiger partial charge in [-0.15, -0.1) is 5.10 Å². The molecule has 2 aromatic rings. The van der Waals surface area contributed by atoms with Crippen LogP contribution < -0.4 is 9.46 Å². The first kappa shape index (κ1) is 15.9. The minimum absolute atomic E-state index is 0.0164. The second kappa shape index (κ2) is 6.12. The monoisotopic (exact) mass is 374 g/mol. The molecule has 0 aliphatic carbocycles. The summed E-state index contributed by atoms with van der Waals surface area (Å²) in [4.78, 5) is 0. The molecule has 1 N–H and O–H groups in total. The number of nitrogens with zero attached hydrogens (tertiary/aromatic N) is 3. The molecule has 114 valence electrons. The van der Waals surface area contributed by atoms with Crippen molar-refractivity contribution < 1.29 is 13.2 Å². The minimum atomic E-state index is -3.74. The van der Waals surface area contributed by atoms with Crippen molar-refractivity contribution in [2.24, 2.45) is 7.05 Å². The van der Waals surface area contributed by atoms with Crippen LogP contribution >= 0.6 is 15.9 Å². The molecule has 0 fully saturated rings. The number of aromatic nitrogens is 3. The molecule has 9 heteroatoms. The number of aryl methyl sites for hydroxylation is 1. The maximum atomic E-state index is 12.4. The van der Waals surface area contributed by atoms with Crippen molar-refractivity contribution in [1.29, 1.82) is 0 Å². The van der Waals surface area contributed by atoms with Crippen molar-refractivity contribution in [2.75, 3.05) is 7.11 Å². The van der Waals surface area contributed by atoms with E-state index in [1.165, 1.54) is 11.7 Å². The second-order valence-corrected chi connectivity index (χ2v) is 6.81.